The normalized spacial score (nSPS) is 11.1. The molecule has 0 aliphatic heterocycles. The van der Waals surface area contributed by atoms with Gasteiger partial charge in [-0.25, -0.2) is 0 Å². The topological polar surface area (TPSA) is 36.1 Å². The van der Waals surface area contributed by atoms with E-state index in [2.05, 4.69) is 18.8 Å². The molecule has 0 atom stereocenters. The lowest BCUT2D eigenvalue weighted by Gasteiger charge is -2.18. The molecule has 3 nitrogen and oxygen atoms in total. The van der Waals surface area contributed by atoms with Crippen LogP contribution in [0.1, 0.15) is 24.3 Å². The molecule has 17 heavy (non-hydrogen) atoms. The zero-order chi connectivity index (χ0) is 12.4. The molecule has 1 heterocycles. The third kappa shape index (κ3) is 2.49. The molecule has 2 aromatic rings. The van der Waals surface area contributed by atoms with Gasteiger partial charge < -0.3 is 9.88 Å². The van der Waals surface area contributed by atoms with Crippen LogP contribution in [0.4, 0.5) is 0 Å². The van der Waals surface area contributed by atoms with Crippen molar-refractivity contribution in [2.24, 2.45) is 5.92 Å². The van der Waals surface area contributed by atoms with Crippen molar-refractivity contribution in [1.29, 1.82) is 0 Å². The third-order valence-corrected chi connectivity index (χ3v) is 2.75. The average Bonchev–Trinajstić information content (AvgIpc) is 2.70. The number of nitrogens with zero attached hydrogens (tertiary/aromatic N) is 1. The molecule has 90 valence electrons. The van der Waals surface area contributed by atoms with Crippen molar-refractivity contribution in [3.63, 3.8) is 0 Å². The second-order valence-electron chi connectivity index (χ2n) is 4.85. The number of hydrogen-bond donors (Lipinski definition) is 1. The average molecular weight is 230 g/mol. The number of nitrogens with one attached hydrogen (secondary N) is 1. The number of para-hydroxylation sites is 1. The fourth-order valence-corrected chi connectivity index (χ4v) is 2.02. The summed E-state index contributed by atoms with van der Waals surface area (Å²) in [7, 11) is 1.84. The van der Waals surface area contributed by atoms with Crippen LogP contribution in [0.25, 0.3) is 10.9 Å². The maximum absolute atomic E-state index is 12.1. The van der Waals surface area contributed by atoms with E-state index >= 15 is 0 Å². The predicted molar refractivity (Wildman–Crippen MR) is 70.1 cm³/mol. The van der Waals surface area contributed by atoms with Gasteiger partial charge in [0.25, 0.3) is 5.91 Å². The number of fused-ring (bicyclic) bond motifs is 1. The Bertz CT molecular complexity index is 495. The second-order valence-corrected chi connectivity index (χ2v) is 4.85. The Morgan fingerprint density at radius 2 is 2.06 bits per heavy atom. The molecule has 0 saturated heterocycles. The van der Waals surface area contributed by atoms with Crippen LogP contribution in [-0.2, 0) is 0 Å². The van der Waals surface area contributed by atoms with E-state index in [1.807, 2.05) is 37.4 Å². The Morgan fingerprint density at radius 1 is 1.35 bits per heavy atom. The first-order valence-corrected chi connectivity index (χ1v) is 5.91. The minimum absolute atomic E-state index is 0.0508. The van der Waals surface area contributed by atoms with Gasteiger partial charge in [0.2, 0.25) is 0 Å². The lowest BCUT2D eigenvalue weighted by Crippen LogP contribution is -2.30. The highest BCUT2D eigenvalue weighted by Crippen LogP contribution is 2.15. The van der Waals surface area contributed by atoms with E-state index in [9.17, 15) is 4.79 Å². The van der Waals surface area contributed by atoms with Crippen LogP contribution in [0.2, 0.25) is 0 Å². The zero-order valence-corrected chi connectivity index (χ0v) is 10.5. The van der Waals surface area contributed by atoms with Crippen molar-refractivity contribution in [3.05, 3.63) is 36.0 Å². The van der Waals surface area contributed by atoms with E-state index < -0.39 is 0 Å². The highest BCUT2D eigenvalue weighted by molar-refractivity contribution is 5.97. The Balaban J connectivity index is 2.24. The number of H-pyrrole nitrogens is 1. The molecule has 0 aliphatic rings. The van der Waals surface area contributed by atoms with Crippen molar-refractivity contribution in [2.45, 2.75) is 13.8 Å². The van der Waals surface area contributed by atoms with Crippen LogP contribution < -0.4 is 0 Å². The van der Waals surface area contributed by atoms with Gasteiger partial charge in [0.15, 0.2) is 0 Å². The number of aromatic nitrogens is 1. The summed E-state index contributed by atoms with van der Waals surface area (Å²) in [5.41, 5.74) is 1.67. The molecule has 0 unspecified atom stereocenters. The smallest absolute Gasteiger partial charge is 0.270 e. The summed E-state index contributed by atoms with van der Waals surface area (Å²) < 4.78 is 0. The summed E-state index contributed by atoms with van der Waals surface area (Å²) in [5, 5.41) is 1.08. The fourth-order valence-electron chi connectivity index (χ4n) is 2.02. The molecule has 1 amide bonds. The Morgan fingerprint density at radius 3 is 2.71 bits per heavy atom. The van der Waals surface area contributed by atoms with Crippen LogP contribution in [0.3, 0.4) is 0 Å². The summed E-state index contributed by atoms with van der Waals surface area (Å²) in [6.07, 6.45) is 0. The Hall–Kier alpha value is -1.77. The number of amides is 1. The highest BCUT2D eigenvalue weighted by Gasteiger charge is 2.14. The van der Waals surface area contributed by atoms with Crippen LogP contribution >= 0.6 is 0 Å². The van der Waals surface area contributed by atoms with E-state index in [-0.39, 0.29) is 5.91 Å². The molecular weight excluding hydrogens is 212 g/mol. The molecule has 1 aromatic heterocycles. The Labute approximate surface area is 101 Å². The van der Waals surface area contributed by atoms with Gasteiger partial charge in [-0.15, -0.1) is 0 Å². The van der Waals surface area contributed by atoms with Gasteiger partial charge in [-0.1, -0.05) is 32.0 Å². The van der Waals surface area contributed by atoms with E-state index in [0.717, 1.165) is 17.4 Å². The summed E-state index contributed by atoms with van der Waals surface area (Å²) in [6.45, 7) is 4.98. The fraction of sp³-hybridized carbons (Fsp3) is 0.357. The minimum atomic E-state index is 0.0508. The van der Waals surface area contributed by atoms with Crippen molar-refractivity contribution >= 4 is 16.8 Å². The van der Waals surface area contributed by atoms with Gasteiger partial charge >= 0.3 is 0 Å². The summed E-state index contributed by atoms with van der Waals surface area (Å²) >= 11 is 0. The molecule has 3 heteroatoms. The first kappa shape index (κ1) is 11.7. The van der Waals surface area contributed by atoms with Crippen molar-refractivity contribution < 1.29 is 4.79 Å². The van der Waals surface area contributed by atoms with E-state index in [1.165, 1.54) is 0 Å². The van der Waals surface area contributed by atoms with Crippen molar-refractivity contribution in [2.75, 3.05) is 13.6 Å². The molecule has 0 bridgehead atoms. The highest BCUT2D eigenvalue weighted by atomic mass is 16.2. The summed E-state index contributed by atoms with van der Waals surface area (Å²) in [5.74, 6) is 0.531. The number of hydrogen-bond acceptors (Lipinski definition) is 1. The van der Waals surface area contributed by atoms with Gasteiger partial charge in [-0.3, -0.25) is 4.79 Å². The van der Waals surface area contributed by atoms with Gasteiger partial charge in [0.1, 0.15) is 5.69 Å². The van der Waals surface area contributed by atoms with Gasteiger partial charge in [-0.05, 0) is 18.1 Å². The monoisotopic (exact) mass is 230 g/mol. The van der Waals surface area contributed by atoms with Crippen molar-refractivity contribution in [1.82, 2.24) is 9.88 Å². The van der Waals surface area contributed by atoms with Crippen LogP contribution in [0, 0.1) is 5.92 Å². The largest absolute Gasteiger partial charge is 0.351 e. The molecule has 1 aromatic carbocycles. The first-order valence-electron chi connectivity index (χ1n) is 5.91. The van der Waals surface area contributed by atoms with E-state index in [4.69, 9.17) is 0 Å². The number of rotatable bonds is 3. The molecule has 0 radical (unpaired) electrons. The standard InChI is InChI=1S/C14H18N2O/c1-10(2)9-16(3)14(17)13-8-11-6-4-5-7-12(11)15-13/h4-8,10,15H,9H2,1-3H3. The Kier molecular flexibility index (Phi) is 3.18. The maximum Gasteiger partial charge on any atom is 0.270 e. The molecule has 0 spiro atoms. The lowest BCUT2D eigenvalue weighted by molar-refractivity contribution is 0.0774. The SMILES string of the molecule is CC(C)CN(C)C(=O)c1cc2ccccc2[nH]1. The van der Waals surface area contributed by atoms with Crippen LogP contribution in [0.5, 0.6) is 0 Å². The number of carbonyl (C=O) groups excluding carboxylic acids is 1. The lowest BCUT2D eigenvalue weighted by atomic mass is 10.2. The van der Waals surface area contributed by atoms with Gasteiger partial charge in [0, 0.05) is 24.5 Å². The molecule has 0 aliphatic carbocycles. The second kappa shape index (κ2) is 4.62. The number of aromatic amines is 1. The quantitative estimate of drug-likeness (QED) is 0.864. The molecule has 0 fully saturated rings. The minimum Gasteiger partial charge on any atom is -0.351 e. The molecule has 1 N–H and O–H groups in total. The van der Waals surface area contributed by atoms with E-state index in [1.54, 1.807) is 4.90 Å². The third-order valence-electron chi connectivity index (χ3n) is 2.75. The molecular formula is C14H18N2O. The number of carbonyl (C=O) groups is 1. The van der Waals surface area contributed by atoms with E-state index in [0.29, 0.717) is 11.6 Å². The predicted octanol–water partition coefficient (Wildman–Crippen LogP) is 2.90. The van der Waals surface area contributed by atoms with Crippen molar-refractivity contribution in [3.8, 4) is 0 Å². The van der Waals surface area contributed by atoms with Crippen LogP contribution in [0.15, 0.2) is 30.3 Å². The molecule has 2 rings (SSSR count). The maximum atomic E-state index is 12.1. The van der Waals surface area contributed by atoms with Gasteiger partial charge in [0.05, 0.1) is 0 Å². The molecule has 0 saturated carbocycles. The van der Waals surface area contributed by atoms with Gasteiger partial charge in [-0.2, -0.15) is 0 Å². The summed E-state index contributed by atoms with van der Waals surface area (Å²) in [6, 6.07) is 9.83. The van der Waals surface area contributed by atoms with Crippen LogP contribution in [-0.4, -0.2) is 29.4 Å². The zero-order valence-electron chi connectivity index (χ0n) is 10.5. The first-order chi connectivity index (χ1) is 8.08. The summed E-state index contributed by atoms with van der Waals surface area (Å²) in [4.78, 5) is 17.1. The number of benzene rings is 1.